The van der Waals surface area contributed by atoms with Gasteiger partial charge in [-0.25, -0.2) is 8.78 Å². The fraction of sp³-hybridized carbons (Fsp3) is 0.304. The highest BCUT2D eigenvalue weighted by atomic mass is 19.1. The van der Waals surface area contributed by atoms with Crippen LogP contribution in [0.3, 0.4) is 0 Å². The molecule has 0 radical (unpaired) electrons. The smallest absolute Gasteiger partial charge is 0.295 e. The number of hydrogen-bond donors (Lipinski definition) is 1. The number of halogens is 2. The van der Waals surface area contributed by atoms with Gasteiger partial charge in [0.05, 0.1) is 24.0 Å². The number of benzene rings is 2. The minimum Gasteiger partial charge on any atom is -0.424 e. The molecular formula is C23H22F2N6O2. The maximum Gasteiger partial charge on any atom is 0.295 e. The van der Waals surface area contributed by atoms with Crippen molar-refractivity contribution in [1.29, 1.82) is 0 Å². The molecule has 0 aliphatic carbocycles. The first kappa shape index (κ1) is 21.0. The van der Waals surface area contributed by atoms with Crippen LogP contribution in [0.5, 0.6) is 0 Å². The molecule has 2 aromatic carbocycles. The van der Waals surface area contributed by atoms with Gasteiger partial charge in [-0.05, 0) is 43.0 Å². The van der Waals surface area contributed by atoms with Crippen molar-refractivity contribution >= 4 is 23.0 Å². The summed E-state index contributed by atoms with van der Waals surface area (Å²) in [6.45, 7) is 3.00. The van der Waals surface area contributed by atoms with Crippen LogP contribution in [0.15, 0.2) is 53.2 Å². The van der Waals surface area contributed by atoms with Crippen LogP contribution in [0, 0.1) is 17.6 Å². The Balaban J connectivity index is 1.41. The zero-order valence-corrected chi connectivity index (χ0v) is 17.9. The summed E-state index contributed by atoms with van der Waals surface area (Å²) in [5, 5.41) is 11.2. The summed E-state index contributed by atoms with van der Waals surface area (Å²) in [5.74, 6) is -1.07. The van der Waals surface area contributed by atoms with Gasteiger partial charge in [-0.2, -0.15) is 15.2 Å². The molecule has 1 saturated heterocycles. The molecule has 1 aliphatic heterocycles. The predicted molar refractivity (Wildman–Crippen MR) is 117 cm³/mol. The second kappa shape index (κ2) is 8.61. The average molecular weight is 452 g/mol. The predicted octanol–water partition coefficient (Wildman–Crippen LogP) is 4.04. The lowest BCUT2D eigenvalue weighted by Crippen LogP contribution is -2.51. The maximum absolute atomic E-state index is 14.7. The third kappa shape index (κ3) is 4.04. The maximum atomic E-state index is 14.7. The molecule has 1 amide bonds. The number of oxazole rings is 1. The van der Waals surface area contributed by atoms with Crippen LogP contribution in [0.1, 0.15) is 30.1 Å². The Morgan fingerprint density at radius 3 is 2.85 bits per heavy atom. The van der Waals surface area contributed by atoms with Gasteiger partial charge in [0, 0.05) is 19.2 Å². The molecule has 1 aliphatic rings. The Morgan fingerprint density at radius 1 is 1.21 bits per heavy atom. The second-order valence-corrected chi connectivity index (χ2v) is 8.15. The summed E-state index contributed by atoms with van der Waals surface area (Å²) in [4.78, 5) is 20.8. The summed E-state index contributed by atoms with van der Waals surface area (Å²) in [5.41, 5.74) is 1.11. The Morgan fingerprint density at radius 2 is 2.03 bits per heavy atom. The lowest BCUT2D eigenvalue weighted by molar-refractivity contribution is 0.0538. The van der Waals surface area contributed by atoms with Crippen molar-refractivity contribution in [2.45, 2.75) is 25.8 Å². The SMILES string of the molecule is C[C@@H]1CCCN(C(=O)c2cccc(F)c2-n2nccn2)[C@@H]1CNc1nc2cc(F)ccc2o1. The van der Waals surface area contributed by atoms with Gasteiger partial charge in [0.1, 0.15) is 17.0 Å². The van der Waals surface area contributed by atoms with E-state index in [1.54, 1.807) is 11.0 Å². The Labute approximate surface area is 188 Å². The molecule has 10 heteroatoms. The average Bonchev–Trinajstić information content (AvgIpc) is 3.47. The zero-order valence-electron chi connectivity index (χ0n) is 17.9. The number of aromatic nitrogens is 4. The van der Waals surface area contributed by atoms with E-state index in [2.05, 4.69) is 27.4 Å². The summed E-state index contributed by atoms with van der Waals surface area (Å²) in [6, 6.07) is 8.59. The highest BCUT2D eigenvalue weighted by Crippen LogP contribution is 2.28. The lowest BCUT2D eigenvalue weighted by Gasteiger charge is -2.40. The Bertz CT molecular complexity index is 1290. The second-order valence-electron chi connectivity index (χ2n) is 8.15. The van der Waals surface area contributed by atoms with Crippen molar-refractivity contribution < 1.29 is 18.0 Å². The summed E-state index contributed by atoms with van der Waals surface area (Å²) >= 11 is 0. The lowest BCUT2D eigenvalue weighted by atomic mass is 9.90. The quantitative estimate of drug-likeness (QED) is 0.492. The number of rotatable bonds is 5. The van der Waals surface area contributed by atoms with E-state index < -0.39 is 11.6 Å². The van der Waals surface area contributed by atoms with Gasteiger partial charge in [0.25, 0.3) is 11.9 Å². The van der Waals surface area contributed by atoms with Crippen molar-refractivity contribution in [1.82, 2.24) is 24.9 Å². The molecule has 0 unspecified atom stereocenters. The van der Waals surface area contributed by atoms with Crippen LogP contribution < -0.4 is 5.32 Å². The van der Waals surface area contributed by atoms with Crippen molar-refractivity contribution in [3.8, 4) is 5.69 Å². The molecule has 0 bridgehead atoms. The van der Waals surface area contributed by atoms with Gasteiger partial charge in [-0.15, -0.1) is 4.80 Å². The fourth-order valence-corrected chi connectivity index (χ4v) is 4.36. The molecule has 2 atom stereocenters. The third-order valence-electron chi connectivity index (χ3n) is 6.02. The topological polar surface area (TPSA) is 89.1 Å². The number of fused-ring (bicyclic) bond motifs is 1. The first-order chi connectivity index (χ1) is 16.0. The molecule has 8 nitrogen and oxygen atoms in total. The molecule has 3 heterocycles. The van der Waals surface area contributed by atoms with Gasteiger partial charge in [0.15, 0.2) is 11.4 Å². The van der Waals surface area contributed by atoms with Crippen LogP contribution in [-0.2, 0) is 0 Å². The number of anilines is 1. The van der Waals surface area contributed by atoms with Gasteiger partial charge in [-0.3, -0.25) is 4.79 Å². The monoisotopic (exact) mass is 452 g/mol. The van der Waals surface area contributed by atoms with Crippen LogP contribution in [0.4, 0.5) is 14.8 Å². The normalized spacial score (nSPS) is 18.6. The minimum absolute atomic E-state index is 0.0263. The molecule has 170 valence electrons. The zero-order chi connectivity index (χ0) is 22.9. The van der Waals surface area contributed by atoms with Gasteiger partial charge >= 0.3 is 0 Å². The number of hydrogen-bond acceptors (Lipinski definition) is 6. The van der Waals surface area contributed by atoms with Crippen LogP contribution >= 0.6 is 0 Å². The summed E-state index contributed by atoms with van der Waals surface area (Å²) < 4.78 is 33.8. The van der Waals surface area contributed by atoms with Gasteiger partial charge < -0.3 is 14.6 Å². The molecule has 1 fully saturated rings. The van der Waals surface area contributed by atoms with E-state index >= 15 is 0 Å². The number of amides is 1. The number of nitrogens with one attached hydrogen (secondary N) is 1. The van der Waals surface area contributed by atoms with E-state index in [1.807, 2.05) is 0 Å². The van der Waals surface area contributed by atoms with Crippen molar-refractivity contribution in [3.05, 3.63) is 66.0 Å². The molecule has 0 spiro atoms. The largest absolute Gasteiger partial charge is 0.424 e. The summed E-state index contributed by atoms with van der Waals surface area (Å²) in [7, 11) is 0. The van der Waals surface area contributed by atoms with Crippen molar-refractivity contribution in [2.75, 3.05) is 18.4 Å². The summed E-state index contributed by atoms with van der Waals surface area (Å²) in [6.07, 6.45) is 4.66. The standard InChI is InChI=1S/C23H22F2N6O2/c1-14-4-3-11-30(19(14)13-26-23-29-18-12-15(24)7-8-20(18)33-23)22(32)16-5-2-6-17(25)21(16)31-27-9-10-28-31/h2,5-10,12,14,19H,3-4,11,13H2,1H3,(H,26,29)/t14-,19-/m1/s1. The van der Waals surface area contributed by atoms with Gasteiger partial charge in [0.2, 0.25) is 0 Å². The van der Waals surface area contributed by atoms with Crippen molar-refractivity contribution in [3.63, 3.8) is 0 Å². The third-order valence-corrected chi connectivity index (χ3v) is 6.02. The van der Waals surface area contributed by atoms with E-state index in [0.717, 1.165) is 17.6 Å². The minimum atomic E-state index is -0.574. The van der Waals surface area contributed by atoms with E-state index in [9.17, 15) is 13.6 Å². The van der Waals surface area contributed by atoms with E-state index in [0.29, 0.717) is 24.2 Å². The van der Waals surface area contributed by atoms with E-state index in [4.69, 9.17) is 4.42 Å². The number of carbonyl (C=O) groups is 1. The Kier molecular flexibility index (Phi) is 5.49. The van der Waals surface area contributed by atoms with Gasteiger partial charge in [-0.1, -0.05) is 13.0 Å². The first-order valence-electron chi connectivity index (χ1n) is 10.8. The molecule has 33 heavy (non-hydrogen) atoms. The first-order valence-corrected chi connectivity index (χ1v) is 10.8. The number of nitrogens with zero attached hydrogens (tertiary/aromatic N) is 5. The molecule has 2 aromatic heterocycles. The molecule has 1 N–H and O–H groups in total. The molecular weight excluding hydrogens is 430 g/mol. The number of carbonyl (C=O) groups excluding carboxylic acids is 1. The van der Waals surface area contributed by atoms with Crippen LogP contribution in [-0.4, -0.2) is 49.9 Å². The van der Waals surface area contributed by atoms with Crippen LogP contribution in [0.2, 0.25) is 0 Å². The van der Waals surface area contributed by atoms with Crippen LogP contribution in [0.25, 0.3) is 16.8 Å². The van der Waals surface area contributed by atoms with E-state index in [1.165, 1.54) is 42.7 Å². The Hall–Kier alpha value is -3.82. The number of para-hydroxylation sites is 1. The number of piperidine rings is 1. The fourth-order valence-electron chi connectivity index (χ4n) is 4.36. The highest BCUT2D eigenvalue weighted by molar-refractivity contribution is 5.98. The number of likely N-dealkylation sites (tertiary alicyclic amines) is 1. The van der Waals surface area contributed by atoms with Crippen molar-refractivity contribution in [2.24, 2.45) is 5.92 Å². The molecule has 5 rings (SSSR count). The van der Waals surface area contributed by atoms with E-state index in [-0.39, 0.29) is 35.1 Å². The molecule has 0 saturated carbocycles. The highest BCUT2D eigenvalue weighted by Gasteiger charge is 2.34. The molecule has 4 aromatic rings.